The number of aromatic nitrogens is 3. The standard InChI is InChI=1S/C8H8ClN3.C2H6/c1-5-8-7(11-4-10-5)6(9)3-12(8)2;1-2/h3-4H,1-2H3;1-2H3. The molecule has 0 aliphatic heterocycles. The van der Waals surface area contributed by atoms with Crippen molar-refractivity contribution in [3.8, 4) is 0 Å². The first kappa shape index (κ1) is 11.0. The molecule has 0 saturated carbocycles. The maximum Gasteiger partial charge on any atom is 0.116 e. The Balaban J connectivity index is 0.000000461. The fourth-order valence-electron chi connectivity index (χ4n) is 1.36. The highest BCUT2D eigenvalue weighted by Gasteiger charge is 2.07. The van der Waals surface area contributed by atoms with Crippen molar-refractivity contribution in [2.45, 2.75) is 20.8 Å². The third kappa shape index (κ3) is 1.73. The largest absolute Gasteiger partial charge is 0.346 e. The third-order valence-corrected chi connectivity index (χ3v) is 2.17. The van der Waals surface area contributed by atoms with Crippen LogP contribution in [0.25, 0.3) is 11.0 Å². The molecule has 0 radical (unpaired) electrons. The van der Waals surface area contributed by atoms with Gasteiger partial charge in [0.1, 0.15) is 11.8 Å². The van der Waals surface area contributed by atoms with Crippen molar-refractivity contribution in [3.05, 3.63) is 23.2 Å². The maximum atomic E-state index is 5.94. The lowest BCUT2D eigenvalue weighted by Crippen LogP contribution is -1.91. The summed E-state index contributed by atoms with van der Waals surface area (Å²) >= 11 is 5.94. The molecule has 0 spiro atoms. The summed E-state index contributed by atoms with van der Waals surface area (Å²) in [5, 5.41) is 0.679. The van der Waals surface area contributed by atoms with Gasteiger partial charge >= 0.3 is 0 Å². The molecular formula is C10H14ClN3. The van der Waals surface area contributed by atoms with Gasteiger partial charge < -0.3 is 4.57 Å². The van der Waals surface area contributed by atoms with Crippen LogP contribution in [0, 0.1) is 6.92 Å². The van der Waals surface area contributed by atoms with Gasteiger partial charge in [-0.25, -0.2) is 9.97 Å². The van der Waals surface area contributed by atoms with Gasteiger partial charge in [0.15, 0.2) is 0 Å². The molecule has 4 heteroatoms. The van der Waals surface area contributed by atoms with E-state index in [4.69, 9.17) is 11.6 Å². The van der Waals surface area contributed by atoms with Gasteiger partial charge in [0, 0.05) is 13.2 Å². The molecule has 0 aliphatic carbocycles. The van der Waals surface area contributed by atoms with Crippen molar-refractivity contribution in [2.24, 2.45) is 7.05 Å². The summed E-state index contributed by atoms with van der Waals surface area (Å²) in [6, 6.07) is 0. The number of hydrogen-bond acceptors (Lipinski definition) is 2. The van der Waals surface area contributed by atoms with E-state index in [1.807, 2.05) is 38.6 Å². The Hall–Kier alpha value is -1.09. The van der Waals surface area contributed by atoms with Crippen molar-refractivity contribution in [1.82, 2.24) is 14.5 Å². The first-order valence-electron chi connectivity index (χ1n) is 4.62. The molecule has 0 aliphatic rings. The van der Waals surface area contributed by atoms with Gasteiger partial charge in [0.25, 0.3) is 0 Å². The molecule has 0 amide bonds. The van der Waals surface area contributed by atoms with Gasteiger partial charge in [-0.3, -0.25) is 0 Å². The minimum absolute atomic E-state index is 0.679. The number of fused-ring (bicyclic) bond motifs is 1. The molecule has 76 valence electrons. The van der Waals surface area contributed by atoms with Crippen molar-refractivity contribution < 1.29 is 0 Å². The number of nitrogens with zero attached hydrogens (tertiary/aromatic N) is 3. The highest BCUT2D eigenvalue weighted by atomic mass is 35.5. The lowest BCUT2D eigenvalue weighted by atomic mass is 10.3. The van der Waals surface area contributed by atoms with E-state index in [1.54, 1.807) is 0 Å². The van der Waals surface area contributed by atoms with E-state index in [-0.39, 0.29) is 0 Å². The van der Waals surface area contributed by atoms with Crippen LogP contribution in [0.4, 0.5) is 0 Å². The number of halogens is 1. The van der Waals surface area contributed by atoms with Crippen LogP contribution in [-0.4, -0.2) is 14.5 Å². The van der Waals surface area contributed by atoms with Crippen LogP contribution in [0.15, 0.2) is 12.5 Å². The summed E-state index contributed by atoms with van der Waals surface area (Å²) in [5.74, 6) is 0. The molecule has 2 rings (SSSR count). The van der Waals surface area contributed by atoms with E-state index < -0.39 is 0 Å². The molecule has 0 N–H and O–H groups in total. The molecule has 0 atom stereocenters. The number of rotatable bonds is 0. The minimum atomic E-state index is 0.679. The van der Waals surface area contributed by atoms with Gasteiger partial charge in [-0.15, -0.1) is 0 Å². The first-order valence-corrected chi connectivity index (χ1v) is 5.00. The molecule has 2 heterocycles. The van der Waals surface area contributed by atoms with E-state index in [9.17, 15) is 0 Å². The van der Waals surface area contributed by atoms with E-state index in [0.29, 0.717) is 5.02 Å². The molecule has 2 aromatic rings. The fraction of sp³-hybridized carbons (Fsp3) is 0.400. The molecular weight excluding hydrogens is 198 g/mol. The number of hydrogen-bond donors (Lipinski definition) is 0. The quantitative estimate of drug-likeness (QED) is 0.671. The van der Waals surface area contributed by atoms with Crippen LogP contribution in [-0.2, 0) is 7.05 Å². The van der Waals surface area contributed by atoms with Gasteiger partial charge in [0.2, 0.25) is 0 Å². The van der Waals surface area contributed by atoms with Crippen molar-refractivity contribution in [3.63, 3.8) is 0 Å². The second-order valence-corrected chi connectivity index (χ2v) is 3.15. The Labute approximate surface area is 88.7 Å². The van der Waals surface area contributed by atoms with Gasteiger partial charge in [-0.05, 0) is 6.92 Å². The lowest BCUT2D eigenvalue weighted by molar-refractivity contribution is 0.952. The second kappa shape index (κ2) is 4.42. The van der Waals surface area contributed by atoms with Crippen molar-refractivity contribution >= 4 is 22.6 Å². The van der Waals surface area contributed by atoms with Crippen molar-refractivity contribution in [1.29, 1.82) is 0 Å². The van der Waals surface area contributed by atoms with Crippen LogP contribution >= 0.6 is 11.6 Å². The van der Waals surface area contributed by atoms with Crippen LogP contribution in [0.2, 0.25) is 5.02 Å². The van der Waals surface area contributed by atoms with Crippen LogP contribution in [0.5, 0.6) is 0 Å². The van der Waals surface area contributed by atoms with E-state index in [0.717, 1.165) is 16.7 Å². The second-order valence-electron chi connectivity index (χ2n) is 2.74. The van der Waals surface area contributed by atoms with Crippen LogP contribution < -0.4 is 0 Å². The molecule has 2 aromatic heterocycles. The summed E-state index contributed by atoms with van der Waals surface area (Å²) < 4.78 is 1.94. The summed E-state index contributed by atoms with van der Waals surface area (Å²) in [6.07, 6.45) is 3.37. The predicted molar refractivity (Wildman–Crippen MR) is 59.6 cm³/mol. The minimum Gasteiger partial charge on any atom is -0.346 e. The van der Waals surface area contributed by atoms with Crippen LogP contribution in [0.3, 0.4) is 0 Å². The van der Waals surface area contributed by atoms with Crippen molar-refractivity contribution in [2.75, 3.05) is 0 Å². The molecule has 0 aromatic carbocycles. The maximum absolute atomic E-state index is 5.94. The van der Waals surface area contributed by atoms with Crippen LogP contribution in [0.1, 0.15) is 19.5 Å². The molecule has 0 fully saturated rings. The smallest absolute Gasteiger partial charge is 0.116 e. The summed E-state index contributed by atoms with van der Waals surface area (Å²) in [7, 11) is 1.94. The normalized spacial score (nSPS) is 9.79. The van der Waals surface area contributed by atoms with E-state index in [2.05, 4.69) is 9.97 Å². The molecule has 0 unspecified atom stereocenters. The SMILES string of the molecule is CC.Cc1ncnc2c(Cl)cn(C)c12. The van der Waals surface area contributed by atoms with Gasteiger partial charge in [-0.1, -0.05) is 25.4 Å². The molecule has 3 nitrogen and oxygen atoms in total. The highest BCUT2D eigenvalue weighted by molar-refractivity contribution is 6.35. The summed E-state index contributed by atoms with van der Waals surface area (Å²) in [5.41, 5.74) is 2.78. The van der Waals surface area contributed by atoms with Gasteiger partial charge in [-0.2, -0.15) is 0 Å². The zero-order valence-electron chi connectivity index (χ0n) is 8.87. The summed E-state index contributed by atoms with van der Waals surface area (Å²) in [6.45, 7) is 5.94. The average molecular weight is 212 g/mol. The average Bonchev–Trinajstić information content (AvgIpc) is 2.47. The first-order chi connectivity index (χ1) is 6.70. The Kier molecular flexibility index (Phi) is 3.47. The number of aryl methyl sites for hydroxylation is 2. The van der Waals surface area contributed by atoms with Gasteiger partial charge in [0.05, 0.1) is 16.2 Å². The Morgan fingerprint density at radius 1 is 1.29 bits per heavy atom. The lowest BCUT2D eigenvalue weighted by Gasteiger charge is -1.97. The topological polar surface area (TPSA) is 30.7 Å². The zero-order chi connectivity index (χ0) is 10.7. The van der Waals surface area contributed by atoms with E-state index in [1.165, 1.54) is 6.33 Å². The molecule has 0 saturated heterocycles. The zero-order valence-corrected chi connectivity index (χ0v) is 9.63. The Bertz CT molecular complexity index is 434. The molecule has 14 heavy (non-hydrogen) atoms. The highest BCUT2D eigenvalue weighted by Crippen LogP contribution is 2.23. The third-order valence-electron chi connectivity index (χ3n) is 1.89. The fourth-order valence-corrected chi connectivity index (χ4v) is 1.64. The Morgan fingerprint density at radius 2 is 1.93 bits per heavy atom. The monoisotopic (exact) mass is 211 g/mol. The Morgan fingerprint density at radius 3 is 2.50 bits per heavy atom. The predicted octanol–water partition coefficient (Wildman–Crippen LogP) is 2.96. The summed E-state index contributed by atoms with van der Waals surface area (Å²) in [4.78, 5) is 8.19. The van der Waals surface area contributed by atoms with E-state index >= 15 is 0 Å². The molecule has 0 bridgehead atoms.